The molecule has 0 fully saturated rings. The van der Waals surface area contributed by atoms with E-state index in [1.807, 2.05) is 0 Å². The SMILES string of the molecule is CCOOc1ccc2cc(C(=O)c3cc4ccc(OOCC)cc4oc3=O)c(=O)oc2c1. The third kappa shape index (κ3) is 4.25. The van der Waals surface area contributed by atoms with Gasteiger partial charge in [-0.05, 0) is 50.2 Å². The predicted molar refractivity (Wildman–Crippen MR) is 113 cm³/mol. The standard InChI is InChI=1S/C23H18O9/c1-3-27-31-15-7-5-13-9-17(22(25)29-19(13)11-15)21(24)18-10-14-6-8-16(32-28-4-2)12-20(14)30-23(18)26/h5-12H,3-4H2,1-2H3. The molecular formula is C23H18O9. The Morgan fingerprint density at radius 1 is 0.719 bits per heavy atom. The summed E-state index contributed by atoms with van der Waals surface area (Å²) in [7, 11) is 0. The Morgan fingerprint density at radius 3 is 1.56 bits per heavy atom. The molecule has 0 unspecified atom stereocenters. The van der Waals surface area contributed by atoms with Crippen LogP contribution in [0, 0.1) is 0 Å². The van der Waals surface area contributed by atoms with E-state index in [9.17, 15) is 14.4 Å². The maximum absolute atomic E-state index is 13.0. The lowest BCUT2D eigenvalue weighted by Crippen LogP contribution is -2.20. The van der Waals surface area contributed by atoms with Crippen LogP contribution in [0.2, 0.25) is 0 Å². The van der Waals surface area contributed by atoms with E-state index in [0.717, 1.165) is 0 Å². The lowest BCUT2D eigenvalue weighted by molar-refractivity contribution is -0.202. The minimum Gasteiger partial charge on any atom is -0.422 e. The number of fused-ring (bicyclic) bond motifs is 2. The molecule has 9 nitrogen and oxygen atoms in total. The van der Waals surface area contributed by atoms with Crippen molar-refractivity contribution in [3.8, 4) is 11.5 Å². The molecule has 0 aliphatic rings. The highest BCUT2D eigenvalue weighted by Gasteiger charge is 2.21. The number of carbonyl (C=O) groups is 1. The molecule has 4 aromatic rings. The Morgan fingerprint density at radius 2 is 1.16 bits per heavy atom. The van der Waals surface area contributed by atoms with Crippen LogP contribution in [0.3, 0.4) is 0 Å². The molecule has 0 atom stereocenters. The Hall–Kier alpha value is -3.95. The molecule has 0 saturated heterocycles. The fourth-order valence-corrected chi connectivity index (χ4v) is 3.00. The number of ketones is 1. The van der Waals surface area contributed by atoms with Gasteiger partial charge in [0.05, 0.1) is 13.2 Å². The summed E-state index contributed by atoms with van der Waals surface area (Å²) in [6.07, 6.45) is 0. The number of hydrogen-bond donors (Lipinski definition) is 0. The first-order valence-electron chi connectivity index (χ1n) is 9.79. The maximum Gasteiger partial charge on any atom is 0.347 e. The van der Waals surface area contributed by atoms with Crippen LogP contribution in [-0.4, -0.2) is 19.0 Å². The highest BCUT2D eigenvalue weighted by atomic mass is 17.2. The highest BCUT2D eigenvalue weighted by molar-refractivity contribution is 6.10. The fraction of sp³-hybridized carbons (Fsp3) is 0.174. The van der Waals surface area contributed by atoms with Crippen LogP contribution in [0.25, 0.3) is 21.9 Å². The van der Waals surface area contributed by atoms with Crippen molar-refractivity contribution in [1.29, 1.82) is 0 Å². The first-order valence-corrected chi connectivity index (χ1v) is 9.79. The zero-order valence-corrected chi connectivity index (χ0v) is 17.2. The summed E-state index contributed by atoms with van der Waals surface area (Å²) in [5, 5.41) is 0.944. The van der Waals surface area contributed by atoms with Crippen LogP contribution in [0.1, 0.15) is 29.8 Å². The molecule has 0 N–H and O–H groups in total. The van der Waals surface area contributed by atoms with Crippen LogP contribution >= 0.6 is 0 Å². The lowest BCUT2D eigenvalue weighted by atomic mass is 10.0. The monoisotopic (exact) mass is 438 g/mol. The van der Waals surface area contributed by atoms with Gasteiger partial charge in [-0.1, -0.05) is 0 Å². The molecule has 2 heterocycles. The Labute approximate surface area is 180 Å². The van der Waals surface area contributed by atoms with Gasteiger partial charge >= 0.3 is 11.3 Å². The third-order valence-corrected chi connectivity index (χ3v) is 4.45. The van der Waals surface area contributed by atoms with Gasteiger partial charge in [0.1, 0.15) is 22.3 Å². The van der Waals surface area contributed by atoms with E-state index >= 15 is 0 Å². The highest BCUT2D eigenvalue weighted by Crippen LogP contribution is 2.23. The van der Waals surface area contributed by atoms with Gasteiger partial charge in [-0.25, -0.2) is 9.59 Å². The first kappa shape index (κ1) is 21.3. The molecular weight excluding hydrogens is 420 g/mol. The van der Waals surface area contributed by atoms with E-state index in [1.165, 1.54) is 24.3 Å². The zero-order valence-electron chi connectivity index (χ0n) is 17.2. The summed E-state index contributed by atoms with van der Waals surface area (Å²) < 4.78 is 10.5. The summed E-state index contributed by atoms with van der Waals surface area (Å²) in [6, 6.07) is 12.0. The van der Waals surface area contributed by atoms with Crippen molar-refractivity contribution in [1.82, 2.24) is 0 Å². The van der Waals surface area contributed by atoms with Crippen LogP contribution in [0.4, 0.5) is 0 Å². The molecule has 9 heteroatoms. The van der Waals surface area contributed by atoms with Crippen LogP contribution in [-0.2, 0) is 9.78 Å². The molecule has 0 amide bonds. The predicted octanol–water partition coefficient (Wildman–Crippen LogP) is 3.79. The quantitative estimate of drug-likeness (QED) is 0.175. The minimum atomic E-state index is -0.893. The number of benzene rings is 2. The lowest BCUT2D eigenvalue weighted by Gasteiger charge is -2.06. The number of carbonyl (C=O) groups excluding carboxylic acids is 1. The average molecular weight is 438 g/mol. The van der Waals surface area contributed by atoms with Gasteiger partial charge in [0.25, 0.3) is 0 Å². The average Bonchev–Trinajstić information content (AvgIpc) is 2.79. The zero-order chi connectivity index (χ0) is 22.7. The van der Waals surface area contributed by atoms with E-state index in [2.05, 4.69) is 0 Å². The second-order valence-electron chi connectivity index (χ2n) is 6.60. The Kier molecular flexibility index (Phi) is 6.02. The van der Waals surface area contributed by atoms with Crippen molar-refractivity contribution in [2.24, 2.45) is 0 Å². The molecule has 0 aliphatic heterocycles. The Balaban J connectivity index is 1.71. The molecule has 0 bridgehead atoms. The summed E-state index contributed by atoms with van der Waals surface area (Å²) in [5.74, 6) is -0.130. The molecule has 32 heavy (non-hydrogen) atoms. The molecule has 0 aliphatic carbocycles. The Bertz CT molecular complexity index is 1310. The van der Waals surface area contributed by atoms with Crippen molar-refractivity contribution in [3.63, 3.8) is 0 Å². The summed E-state index contributed by atoms with van der Waals surface area (Å²) in [5.41, 5.74) is -1.96. The smallest absolute Gasteiger partial charge is 0.347 e. The van der Waals surface area contributed by atoms with Gasteiger partial charge in [-0.15, -0.1) is 0 Å². The second-order valence-corrected chi connectivity index (χ2v) is 6.60. The summed E-state index contributed by atoms with van der Waals surface area (Å²) >= 11 is 0. The van der Waals surface area contributed by atoms with Gasteiger partial charge < -0.3 is 18.6 Å². The second kappa shape index (κ2) is 9.04. The van der Waals surface area contributed by atoms with Crippen molar-refractivity contribution in [2.45, 2.75) is 13.8 Å². The first-order chi connectivity index (χ1) is 15.5. The van der Waals surface area contributed by atoms with Crippen molar-refractivity contribution in [2.75, 3.05) is 13.2 Å². The molecule has 4 rings (SSSR count). The van der Waals surface area contributed by atoms with E-state index in [0.29, 0.717) is 35.5 Å². The topological polar surface area (TPSA) is 114 Å². The summed E-state index contributed by atoms with van der Waals surface area (Å²) in [4.78, 5) is 57.7. The summed E-state index contributed by atoms with van der Waals surface area (Å²) in [6.45, 7) is 4.20. The van der Waals surface area contributed by atoms with Gasteiger partial charge in [-0.3, -0.25) is 4.79 Å². The van der Waals surface area contributed by atoms with E-state index in [4.69, 9.17) is 28.4 Å². The molecule has 0 radical (unpaired) electrons. The van der Waals surface area contributed by atoms with Gasteiger partial charge in [0, 0.05) is 22.9 Å². The normalized spacial score (nSPS) is 11.1. The van der Waals surface area contributed by atoms with Crippen molar-refractivity contribution >= 4 is 27.7 Å². The van der Waals surface area contributed by atoms with Gasteiger partial charge in [0.2, 0.25) is 5.78 Å². The molecule has 164 valence electrons. The molecule has 2 aromatic heterocycles. The van der Waals surface area contributed by atoms with Crippen molar-refractivity contribution in [3.05, 3.63) is 80.5 Å². The van der Waals surface area contributed by atoms with E-state index in [1.54, 1.807) is 38.1 Å². The third-order valence-electron chi connectivity index (χ3n) is 4.45. The van der Waals surface area contributed by atoms with E-state index < -0.39 is 17.0 Å². The number of rotatable bonds is 8. The van der Waals surface area contributed by atoms with Crippen LogP contribution < -0.4 is 21.0 Å². The van der Waals surface area contributed by atoms with Crippen molar-refractivity contribution < 1.29 is 33.2 Å². The number of hydrogen-bond acceptors (Lipinski definition) is 9. The molecule has 2 aromatic carbocycles. The molecule has 0 spiro atoms. The fourth-order valence-electron chi connectivity index (χ4n) is 3.00. The minimum absolute atomic E-state index is 0.205. The van der Waals surface area contributed by atoms with E-state index in [-0.39, 0.29) is 22.3 Å². The largest absolute Gasteiger partial charge is 0.422 e. The van der Waals surface area contributed by atoms with Crippen LogP contribution in [0.15, 0.2) is 67.0 Å². The maximum atomic E-state index is 13.0. The van der Waals surface area contributed by atoms with Gasteiger partial charge in [-0.2, -0.15) is 9.78 Å². The van der Waals surface area contributed by atoms with Crippen LogP contribution in [0.5, 0.6) is 11.5 Å². The molecule has 0 saturated carbocycles. The van der Waals surface area contributed by atoms with Gasteiger partial charge in [0.15, 0.2) is 11.5 Å².